The molecular weight excluding hydrogens is 596 g/mol. The number of hydrogen-bond acceptors (Lipinski definition) is 10. The first-order chi connectivity index (χ1) is 19.9. The molecule has 0 aliphatic heterocycles. The Morgan fingerprint density at radius 2 is 1.00 bits per heavy atom. The number of guanidine groups is 2. The molecule has 0 aliphatic carbocycles. The molecule has 0 unspecified atom stereocenters. The number of rotatable bonds is 6. The van der Waals surface area contributed by atoms with E-state index in [1.165, 1.54) is 35.9 Å². The molecule has 0 radical (unpaired) electrons. The third kappa shape index (κ3) is 8.37. The Morgan fingerprint density at radius 3 is 1.28 bits per heavy atom. The van der Waals surface area contributed by atoms with E-state index >= 15 is 0 Å². The van der Waals surface area contributed by atoms with Gasteiger partial charge in [-0.1, -0.05) is 0 Å². The molecule has 10 N–H and O–H groups in total. The van der Waals surface area contributed by atoms with Gasteiger partial charge in [0.1, 0.15) is 0 Å². The van der Waals surface area contributed by atoms with E-state index in [1.807, 2.05) is 0 Å². The fraction of sp³-hybridized carbons (Fsp3) is 0.400. The van der Waals surface area contributed by atoms with Crippen LogP contribution < -0.4 is 45.4 Å². The Bertz CT molecular complexity index is 1890. The summed E-state index contributed by atoms with van der Waals surface area (Å²) < 4.78 is 39.6. The average Bonchev–Trinajstić information content (AvgIpc) is 3.52. The number of aromatic nitrogens is 8. The van der Waals surface area contributed by atoms with Crippen molar-refractivity contribution in [3.63, 3.8) is 0 Å². The Morgan fingerprint density at radius 1 is 0.698 bits per heavy atom. The van der Waals surface area contributed by atoms with Crippen LogP contribution in [0.4, 0.5) is 0 Å². The molecule has 0 aromatic carbocycles. The highest BCUT2D eigenvalue weighted by Gasteiger charge is 2.14. The Hall–Kier alpha value is -5.29. The van der Waals surface area contributed by atoms with Gasteiger partial charge in [-0.05, 0) is 0 Å². The number of aryl methyl sites for hydroxylation is 2. The molecule has 0 spiro atoms. The van der Waals surface area contributed by atoms with E-state index < -0.39 is 21.8 Å². The van der Waals surface area contributed by atoms with Crippen molar-refractivity contribution >= 4 is 44.6 Å². The summed E-state index contributed by atoms with van der Waals surface area (Å²) in [5, 5.41) is 0. The predicted octanol–water partition coefficient (Wildman–Crippen LogP) is -5.24. The zero-order valence-corrected chi connectivity index (χ0v) is 24.3. The molecule has 0 fully saturated rings. The van der Waals surface area contributed by atoms with Crippen molar-refractivity contribution in [3.05, 3.63) is 54.3 Å². The highest BCUT2D eigenvalue weighted by atomic mass is 32.3. The molecule has 0 atom stereocenters. The van der Waals surface area contributed by atoms with Gasteiger partial charge in [0.25, 0.3) is 11.1 Å². The largest absolute Gasteiger partial charge is 0.394 e. The third-order valence-electron chi connectivity index (χ3n) is 5.70. The summed E-state index contributed by atoms with van der Waals surface area (Å²) in [7, 11) is 1.32. The van der Waals surface area contributed by atoms with Gasteiger partial charge in [0.15, 0.2) is 34.2 Å². The monoisotopic (exact) mass is 628 g/mol. The van der Waals surface area contributed by atoms with Crippen LogP contribution in [0.5, 0.6) is 0 Å². The summed E-state index contributed by atoms with van der Waals surface area (Å²) in [6.45, 7) is 1.48. The van der Waals surface area contributed by atoms with Gasteiger partial charge in [0, 0.05) is 41.3 Å². The topological polar surface area (TPSA) is 327 Å². The highest BCUT2D eigenvalue weighted by Crippen LogP contribution is 2.06. The minimum atomic E-state index is -4.67. The third-order valence-corrected chi connectivity index (χ3v) is 5.70. The second-order valence-corrected chi connectivity index (χ2v) is 9.59. The van der Waals surface area contributed by atoms with E-state index in [0.29, 0.717) is 48.5 Å². The molecule has 4 heterocycles. The van der Waals surface area contributed by atoms with Gasteiger partial charge in [-0.15, -0.1) is 0 Å². The van der Waals surface area contributed by atoms with Crippen LogP contribution in [0.25, 0.3) is 22.3 Å². The molecule has 23 heteroatoms. The normalized spacial score (nSPS) is 10.9. The fourth-order valence-corrected chi connectivity index (χ4v) is 3.71. The summed E-state index contributed by atoms with van der Waals surface area (Å²) >= 11 is 0. The second kappa shape index (κ2) is 13.6. The van der Waals surface area contributed by atoms with Crippen LogP contribution in [0.15, 0.2) is 41.8 Å². The minimum Gasteiger partial charge on any atom is -0.370 e. The molecule has 0 aliphatic rings. The summed E-state index contributed by atoms with van der Waals surface area (Å²) in [5.74, 6) is -0.0190. The molecule has 4 aromatic rings. The van der Waals surface area contributed by atoms with E-state index in [4.69, 9.17) is 40.5 Å². The number of imidazole rings is 2. The molecule has 4 aromatic heterocycles. The maximum atomic E-state index is 12.1. The van der Waals surface area contributed by atoms with Crippen molar-refractivity contribution in [2.24, 2.45) is 61.1 Å². The summed E-state index contributed by atoms with van der Waals surface area (Å²) in [6, 6.07) is 0. The summed E-state index contributed by atoms with van der Waals surface area (Å²) in [4.78, 5) is 63.5. The molecule has 4 rings (SSSR count). The molecule has 236 valence electrons. The van der Waals surface area contributed by atoms with Gasteiger partial charge in [-0.25, -0.2) is 19.6 Å². The molecule has 0 saturated heterocycles. The number of aliphatic imine (C=N–C) groups is 2. The van der Waals surface area contributed by atoms with Crippen LogP contribution in [0.3, 0.4) is 0 Å². The number of nitrogens with two attached hydrogens (primary N) is 4. The van der Waals surface area contributed by atoms with E-state index in [2.05, 4.69) is 20.0 Å². The van der Waals surface area contributed by atoms with Crippen molar-refractivity contribution < 1.29 is 17.5 Å². The lowest BCUT2D eigenvalue weighted by molar-refractivity contribution is 0.381. The minimum absolute atomic E-state index is 0.00952. The van der Waals surface area contributed by atoms with Crippen LogP contribution in [0.2, 0.25) is 0 Å². The Labute approximate surface area is 241 Å². The maximum Gasteiger partial charge on any atom is 0.394 e. The number of fused-ring (bicyclic) bond motifs is 2. The van der Waals surface area contributed by atoms with Crippen LogP contribution in [0.1, 0.15) is 0 Å². The zero-order chi connectivity index (χ0) is 32.8. The zero-order valence-electron chi connectivity index (χ0n) is 23.5. The number of hydrogen-bond donors (Lipinski definition) is 6. The van der Waals surface area contributed by atoms with Gasteiger partial charge >= 0.3 is 21.8 Å². The van der Waals surface area contributed by atoms with Crippen molar-refractivity contribution in [1.29, 1.82) is 0 Å². The van der Waals surface area contributed by atoms with Crippen molar-refractivity contribution in [1.82, 2.24) is 37.4 Å². The summed E-state index contributed by atoms with van der Waals surface area (Å²) in [6.07, 6.45) is 2.99. The predicted molar refractivity (Wildman–Crippen MR) is 156 cm³/mol. The molecule has 0 saturated carbocycles. The van der Waals surface area contributed by atoms with Crippen LogP contribution in [-0.2, 0) is 51.7 Å². The molecule has 43 heavy (non-hydrogen) atoms. The van der Waals surface area contributed by atoms with E-state index in [9.17, 15) is 19.2 Å². The van der Waals surface area contributed by atoms with E-state index in [0.717, 1.165) is 9.13 Å². The van der Waals surface area contributed by atoms with Gasteiger partial charge in [-0.2, -0.15) is 8.42 Å². The smallest absolute Gasteiger partial charge is 0.370 e. The van der Waals surface area contributed by atoms with Crippen LogP contribution in [-0.4, -0.2) is 79.9 Å². The molecule has 22 nitrogen and oxygen atoms in total. The highest BCUT2D eigenvalue weighted by molar-refractivity contribution is 7.79. The molecule has 0 bridgehead atoms. The first kappa shape index (κ1) is 33.9. The van der Waals surface area contributed by atoms with E-state index in [-0.39, 0.29) is 23.0 Å². The number of nitrogens with zero attached hydrogens (tertiary/aromatic N) is 10. The lowest BCUT2D eigenvalue weighted by atomic mass is 10.5. The second-order valence-electron chi connectivity index (χ2n) is 8.69. The lowest BCUT2D eigenvalue weighted by Crippen LogP contribution is -2.37. The Kier molecular flexibility index (Phi) is 10.7. The van der Waals surface area contributed by atoms with Crippen molar-refractivity contribution in [3.8, 4) is 0 Å². The van der Waals surface area contributed by atoms with Crippen molar-refractivity contribution in [2.45, 2.75) is 13.1 Å². The molecular formula is C20H32N14O8S. The summed E-state index contributed by atoms with van der Waals surface area (Å²) in [5.41, 5.74) is 20.7. The van der Waals surface area contributed by atoms with Gasteiger partial charge < -0.3 is 32.1 Å². The van der Waals surface area contributed by atoms with Crippen LogP contribution >= 0.6 is 0 Å². The first-order valence-electron chi connectivity index (χ1n) is 11.9. The standard InChI is InChI=1S/2C10H15N7O2.H2O4S/c2*1-15-7-6(8(18)16(2)10(15)19)17(5-14-7)4-3-13-9(11)12;1-5(2,3)4/h2*5H,3-4H2,1-2H3,(H4,11,12,13);(H2,1,2,3,4). The van der Waals surface area contributed by atoms with Crippen LogP contribution in [0, 0.1) is 0 Å². The first-order valence-corrected chi connectivity index (χ1v) is 13.3. The maximum absolute atomic E-state index is 12.1. The quantitative estimate of drug-likeness (QED) is 0.0660. The average molecular weight is 629 g/mol. The molecule has 0 amide bonds. The van der Waals surface area contributed by atoms with Gasteiger partial charge in [-0.3, -0.25) is 46.9 Å². The van der Waals surface area contributed by atoms with E-state index in [1.54, 1.807) is 23.2 Å². The van der Waals surface area contributed by atoms with Gasteiger partial charge in [0.2, 0.25) is 0 Å². The van der Waals surface area contributed by atoms with Gasteiger partial charge in [0.05, 0.1) is 25.7 Å². The van der Waals surface area contributed by atoms with Crippen molar-refractivity contribution in [2.75, 3.05) is 13.1 Å². The lowest BCUT2D eigenvalue weighted by Gasteiger charge is -2.05. The fourth-order valence-electron chi connectivity index (χ4n) is 3.71. The Balaban J connectivity index is 0.000000260. The SMILES string of the molecule is Cn1c(=O)c2c(ncn2CCN=C(N)N)n(C)c1=O.Cn1c(=O)c2c(ncn2CCN=C(N)N)n(C)c1=O.O=S(=O)(O)O.